The van der Waals surface area contributed by atoms with E-state index in [0.29, 0.717) is 23.9 Å². The Morgan fingerprint density at radius 3 is 2.73 bits per heavy atom. The number of thioether (sulfide) groups is 1. The lowest BCUT2D eigenvalue weighted by Crippen LogP contribution is -2.26. The van der Waals surface area contributed by atoms with Gasteiger partial charge in [-0.2, -0.15) is 0 Å². The zero-order valence-corrected chi connectivity index (χ0v) is 19.0. The highest BCUT2D eigenvalue weighted by molar-refractivity contribution is 7.99. The van der Waals surface area contributed by atoms with Gasteiger partial charge in [0, 0.05) is 17.6 Å². The third kappa shape index (κ3) is 4.24. The fourth-order valence-electron chi connectivity index (χ4n) is 3.85. The van der Waals surface area contributed by atoms with Gasteiger partial charge in [0.25, 0.3) is 5.56 Å². The Morgan fingerprint density at radius 1 is 1.23 bits per heavy atom. The molecule has 5 nitrogen and oxygen atoms in total. The predicted molar refractivity (Wildman–Crippen MR) is 123 cm³/mol. The summed E-state index contributed by atoms with van der Waals surface area (Å²) in [5.41, 5.74) is 3.09. The first-order valence-electron chi connectivity index (χ1n) is 10.4. The van der Waals surface area contributed by atoms with Crippen molar-refractivity contribution in [3.8, 4) is 0 Å². The van der Waals surface area contributed by atoms with Crippen LogP contribution in [0.15, 0.2) is 34.2 Å². The highest BCUT2D eigenvalue weighted by Crippen LogP contribution is 2.34. The van der Waals surface area contributed by atoms with Crippen LogP contribution in [0.1, 0.15) is 46.1 Å². The highest BCUT2D eigenvalue weighted by Gasteiger charge is 2.22. The minimum atomic E-state index is -0.00121. The Hall–Kier alpha value is -1.96. The molecule has 1 aliphatic carbocycles. The van der Waals surface area contributed by atoms with Gasteiger partial charge < -0.3 is 4.74 Å². The maximum Gasteiger partial charge on any atom is 0.263 e. The second-order valence-electron chi connectivity index (χ2n) is 7.50. The molecule has 0 amide bonds. The normalized spacial score (nSPS) is 13.5. The molecule has 0 unspecified atom stereocenters. The van der Waals surface area contributed by atoms with Crippen molar-refractivity contribution in [3.05, 3.63) is 56.2 Å². The number of rotatable bonds is 8. The lowest BCUT2D eigenvalue weighted by molar-refractivity contribution is 0.102. The molecule has 0 N–H and O–H groups in total. The van der Waals surface area contributed by atoms with Gasteiger partial charge in [-0.15, -0.1) is 11.3 Å². The first kappa shape index (κ1) is 21.3. The third-order valence-corrected chi connectivity index (χ3v) is 7.74. The molecule has 1 aliphatic rings. The lowest BCUT2D eigenvalue weighted by Gasteiger charge is -2.13. The Kier molecular flexibility index (Phi) is 6.71. The van der Waals surface area contributed by atoms with Crippen molar-refractivity contribution in [2.75, 3.05) is 19.5 Å². The number of thiophene rings is 1. The van der Waals surface area contributed by atoms with E-state index in [2.05, 4.69) is 6.92 Å². The zero-order valence-electron chi connectivity index (χ0n) is 17.4. The summed E-state index contributed by atoms with van der Waals surface area (Å²) in [6.45, 7) is 2.96. The van der Waals surface area contributed by atoms with E-state index in [4.69, 9.17) is 9.72 Å². The average Bonchev–Trinajstić information content (AvgIpc) is 3.15. The molecule has 3 aromatic rings. The number of hydrogen-bond donors (Lipinski definition) is 0. The summed E-state index contributed by atoms with van der Waals surface area (Å²) in [5, 5.41) is 1.37. The largest absolute Gasteiger partial charge is 0.383 e. The van der Waals surface area contributed by atoms with Crippen LogP contribution in [0.3, 0.4) is 0 Å². The minimum absolute atomic E-state index is 0.00121. The van der Waals surface area contributed by atoms with E-state index in [0.717, 1.165) is 35.9 Å². The van der Waals surface area contributed by atoms with Crippen LogP contribution in [0.2, 0.25) is 0 Å². The summed E-state index contributed by atoms with van der Waals surface area (Å²) in [7, 11) is 1.62. The lowest BCUT2D eigenvalue weighted by atomic mass is 9.97. The van der Waals surface area contributed by atoms with Crippen molar-refractivity contribution >= 4 is 39.1 Å². The Balaban J connectivity index is 1.64. The Morgan fingerprint density at radius 2 is 2.00 bits per heavy atom. The number of carbonyl (C=O) groups excluding carboxylic acids is 1. The number of ketones is 1. The van der Waals surface area contributed by atoms with Crippen molar-refractivity contribution in [1.82, 2.24) is 9.55 Å². The number of fused-ring (bicyclic) bond motifs is 3. The van der Waals surface area contributed by atoms with Crippen LogP contribution < -0.4 is 5.56 Å². The predicted octanol–water partition coefficient (Wildman–Crippen LogP) is 4.52. The summed E-state index contributed by atoms with van der Waals surface area (Å²) in [6.07, 6.45) is 5.23. The van der Waals surface area contributed by atoms with Crippen LogP contribution in [0, 0.1) is 0 Å². The summed E-state index contributed by atoms with van der Waals surface area (Å²) in [5.74, 6) is 0.294. The van der Waals surface area contributed by atoms with Crippen LogP contribution in [-0.4, -0.2) is 34.8 Å². The van der Waals surface area contributed by atoms with Gasteiger partial charge in [-0.25, -0.2) is 4.98 Å². The number of methoxy groups -OCH3 is 1. The number of hydrogen-bond acceptors (Lipinski definition) is 6. The molecule has 0 aliphatic heterocycles. The van der Waals surface area contributed by atoms with Crippen molar-refractivity contribution < 1.29 is 9.53 Å². The van der Waals surface area contributed by atoms with Gasteiger partial charge in [0.2, 0.25) is 0 Å². The van der Waals surface area contributed by atoms with Crippen molar-refractivity contribution in [2.45, 2.75) is 50.7 Å². The molecule has 7 heteroatoms. The van der Waals surface area contributed by atoms with Crippen molar-refractivity contribution in [3.63, 3.8) is 0 Å². The van der Waals surface area contributed by atoms with Gasteiger partial charge in [0.05, 0.1) is 24.3 Å². The molecule has 0 spiro atoms. The average molecular weight is 443 g/mol. The van der Waals surface area contributed by atoms with Gasteiger partial charge in [-0.1, -0.05) is 43.0 Å². The molecular formula is C23H26N2O3S2. The Bertz CT molecular complexity index is 1120. The number of aryl methyl sites for hydroxylation is 3. The van der Waals surface area contributed by atoms with E-state index >= 15 is 0 Å². The molecule has 0 radical (unpaired) electrons. The zero-order chi connectivity index (χ0) is 21.1. The smallest absolute Gasteiger partial charge is 0.263 e. The third-order valence-electron chi connectivity index (χ3n) is 5.58. The van der Waals surface area contributed by atoms with Gasteiger partial charge >= 0.3 is 0 Å². The molecule has 0 saturated heterocycles. The maximum atomic E-state index is 13.3. The van der Waals surface area contributed by atoms with Crippen LogP contribution in [0.4, 0.5) is 0 Å². The molecule has 4 rings (SSSR count). The topological polar surface area (TPSA) is 61.2 Å². The van der Waals surface area contributed by atoms with Gasteiger partial charge in [-0.3, -0.25) is 14.2 Å². The molecule has 2 aromatic heterocycles. The molecule has 2 heterocycles. The summed E-state index contributed by atoms with van der Waals surface area (Å²) in [6, 6.07) is 7.74. The highest BCUT2D eigenvalue weighted by atomic mass is 32.2. The second-order valence-corrected chi connectivity index (χ2v) is 9.52. The van der Waals surface area contributed by atoms with E-state index in [1.54, 1.807) is 23.0 Å². The molecule has 0 atom stereocenters. The van der Waals surface area contributed by atoms with Crippen LogP contribution in [0.5, 0.6) is 0 Å². The second kappa shape index (κ2) is 9.45. The summed E-state index contributed by atoms with van der Waals surface area (Å²) < 4.78 is 6.90. The number of benzene rings is 1. The summed E-state index contributed by atoms with van der Waals surface area (Å²) >= 11 is 2.98. The molecular weight excluding hydrogens is 416 g/mol. The van der Waals surface area contributed by atoms with E-state index in [1.165, 1.54) is 34.2 Å². The number of Topliss-reactive ketones (excluding diaryl/α,β-unsaturated/α-hetero) is 1. The monoisotopic (exact) mass is 442 g/mol. The van der Waals surface area contributed by atoms with Gasteiger partial charge in [-0.05, 0) is 43.2 Å². The fourth-order valence-corrected chi connectivity index (χ4v) is 6.07. The Labute approximate surface area is 184 Å². The van der Waals surface area contributed by atoms with Crippen LogP contribution >= 0.6 is 23.1 Å². The minimum Gasteiger partial charge on any atom is -0.383 e. The molecule has 158 valence electrons. The molecule has 0 bridgehead atoms. The van der Waals surface area contributed by atoms with E-state index in [1.807, 2.05) is 24.3 Å². The van der Waals surface area contributed by atoms with Crippen molar-refractivity contribution in [2.24, 2.45) is 0 Å². The summed E-state index contributed by atoms with van der Waals surface area (Å²) in [4.78, 5) is 33.0. The standard InChI is InChI=1S/C23H26N2O3S2/c1-3-15-8-10-16(11-9-15)18(26)14-29-23-24-21-20(22(27)25(23)12-13-28-2)17-6-4-5-7-19(17)30-21/h8-11H,3-7,12-14H2,1-2H3. The quantitative estimate of drug-likeness (QED) is 0.292. The maximum absolute atomic E-state index is 13.3. The first-order valence-corrected chi connectivity index (χ1v) is 12.2. The van der Waals surface area contributed by atoms with Gasteiger partial charge in [0.15, 0.2) is 10.9 Å². The van der Waals surface area contributed by atoms with Gasteiger partial charge in [0.1, 0.15) is 4.83 Å². The van der Waals surface area contributed by atoms with Crippen LogP contribution in [-0.2, 0) is 30.5 Å². The SMILES string of the molecule is CCc1ccc(C(=O)CSc2nc3sc4c(c3c(=O)n2CCOC)CCCC4)cc1. The molecule has 30 heavy (non-hydrogen) atoms. The van der Waals surface area contributed by atoms with E-state index in [-0.39, 0.29) is 17.1 Å². The molecule has 0 fully saturated rings. The van der Waals surface area contributed by atoms with Crippen molar-refractivity contribution in [1.29, 1.82) is 0 Å². The number of ether oxygens (including phenoxy) is 1. The number of aromatic nitrogens is 2. The first-order chi connectivity index (χ1) is 14.6. The fraction of sp³-hybridized carbons (Fsp3) is 0.435. The van der Waals surface area contributed by atoms with E-state index < -0.39 is 0 Å². The molecule has 1 aromatic carbocycles. The van der Waals surface area contributed by atoms with E-state index in [9.17, 15) is 9.59 Å². The van der Waals surface area contributed by atoms with Crippen LogP contribution in [0.25, 0.3) is 10.2 Å². The number of carbonyl (C=O) groups is 1. The molecule has 0 saturated carbocycles. The number of nitrogens with zero attached hydrogens (tertiary/aromatic N) is 2.